The van der Waals surface area contributed by atoms with Gasteiger partial charge in [-0.3, -0.25) is 9.78 Å². The van der Waals surface area contributed by atoms with E-state index in [1.807, 2.05) is 32.9 Å². The Morgan fingerprint density at radius 1 is 1.33 bits per heavy atom. The second-order valence-electron chi connectivity index (χ2n) is 4.44. The summed E-state index contributed by atoms with van der Waals surface area (Å²) in [6, 6.07) is 7.51. The molecule has 3 N–H and O–H groups in total. The van der Waals surface area contributed by atoms with Crippen LogP contribution in [0.3, 0.4) is 0 Å². The van der Waals surface area contributed by atoms with E-state index in [0.29, 0.717) is 23.2 Å². The van der Waals surface area contributed by atoms with Gasteiger partial charge >= 0.3 is 0 Å². The first-order chi connectivity index (χ1) is 10.0. The highest BCUT2D eigenvalue weighted by molar-refractivity contribution is 5.40. The van der Waals surface area contributed by atoms with Gasteiger partial charge in [-0.25, -0.2) is 4.98 Å². The maximum atomic E-state index is 11.9. The molecule has 0 saturated carbocycles. The van der Waals surface area contributed by atoms with Gasteiger partial charge < -0.3 is 5.73 Å². The van der Waals surface area contributed by atoms with E-state index in [1.54, 1.807) is 13.0 Å². The summed E-state index contributed by atoms with van der Waals surface area (Å²) in [5.41, 5.74) is 9.10. The van der Waals surface area contributed by atoms with Gasteiger partial charge in [-0.15, -0.1) is 0 Å². The van der Waals surface area contributed by atoms with Crippen molar-refractivity contribution in [2.24, 2.45) is 0 Å². The summed E-state index contributed by atoms with van der Waals surface area (Å²) in [7, 11) is 0. The first-order valence-corrected chi connectivity index (χ1v) is 6.86. The van der Waals surface area contributed by atoms with E-state index in [4.69, 9.17) is 11.0 Å². The summed E-state index contributed by atoms with van der Waals surface area (Å²) in [6.07, 6.45) is 0.478. The van der Waals surface area contributed by atoms with Gasteiger partial charge in [0.25, 0.3) is 5.56 Å². The summed E-state index contributed by atoms with van der Waals surface area (Å²) in [5, 5.41) is 8.83. The number of benzene rings is 1. The molecule has 1 aromatic carbocycles. The van der Waals surface area contributed by atoms with Crippen LogP contribution in [0, 0.1) is 25.2 Å². The van der Waals surface area contributed by atoms with Crippen molar-refractivity contribution in [3.8, 4) is 6.07 Å². The SMILES string of the molecule is CC.Cc1cc(C#N)ccc1Cc1c(C)nc(N)[nH]c1=O. The first kappa shape index (κ1) is 16.4. The summed E-state index contributed by atoms with van der Waals surface area (Å²) in [4.78, 5) is 18.4. The van der Waals surface area contributed by atoms with Gasteiger partial charge in [-0.2, -0.15) is 5.26 Å². The molecule has 1 heterocycles. The second-order valence-corrected chi connectivity index (χ2v) is 4.44. The molecular weight excluding hydrogens is 264 g/mol. The lowest BCUT2D eigenvalue weighted by molar-refractivity contribution is 0.985. The normalized spacial score (nSPS) is 9.48. The Kier molecular flexibility index (Phi) is 5.67. The lowest BCUT2D eigenvalue weighted by Gasteiger charge is -2.08. The van der Waals surface area contributed by atoms with E-state index in [9.17, 15) is 4.79 Å². The number of nitrogen functional groups attached to an aromatic ring is 1. The third-order valence-electron chi connectivity index (χ3n) is 3.08. The Morgan fingerprint density at radius 3 is 2.52 bits per heavy atom. The molecular formula is C16H20N4O. The highest BCUT2D eigenvalue weighted by Crippen LogP contribution is 2.15. The minimum atomic E-state index is -0.214. The molecule has 21 heavy (non-hydrogen) atoms. The topological polar surface area (TPSA) is 95.6 Å². The van der Waals surface area contributed by atoms with Crippen LogP contribution >= 0.6 is 0 Å². The molecule has 1 aromatic heterocycles. The number of aryl methyl sites for hydroxylation is 2. The predicted molar refractivity (Wildman–Crippen MR) is 84.1 cm³/mol. The molecule has 0 fully saturated rings. The molecule has 110 valence electrons. The molecule has 2 rings (SSSR count). The Balaban J connectivity index is 0.00000106. The van der Waals surface area contributed by atoms with Gasteiger partial charge in [0.15, 0.2) is 0 Å². The lowest BCUT2D eigenvalue weighted by atomic mass is 9.99. The highest BCUT2D eigenvalue weighted by Gasteiger charge is 2.09. The smallest absolute Gasteiger partial charge is 0.256 e. The summed E-state index contributed by atoms with van der Waals surface area (Å²) in [5.74, 6) is 0.128. The molecule has 0 amide bonds. The quantitative estimate of drug-likeness (QED) is 0.885. The van der Waals surface area contributed by atoms with Gasteiger partial charge in [0, 0.05) is 12.0 Å². The number of nitriles is 1. The number of anilines is 1. The maximum Gasteiger partial charge on any atom is 0.256 e. The number of aromatic amines is 1. The summed E-state index contributed by atoms with van der Waals surface area (Å²) in [6.45, 7) is 7.68. The van der Waals surface area contributed by atoms with Crippen LogP contribution in [0.1, 0.15) is 41.8 Å². The maximum absolute atomic E-state index is 11.9. The highest BCUT2D eigenvalue weighted by atomic mass is 16.1. The molecule has 0 spiro atoms. The van der Waals surface area contributed by atoms with Crippen molar-refractivity contribution < 1.29 is 0 Å². The molecule has 0 saturated heterocycles. The van der Waals surface area contributed by atoms with Gasteiger partial charge in [-0.05, 0) is 37.1 Å². The fourth-order valence-corrected chi connectivity index (χ4v) is 1.99. The second kappa shape index (κ2) is 7.25. The molecule has 0 bridgehead atoms. The third kappa shape index (κ3) is 3.93. The number of hydrogen-bond acceptors (Lipinski definition) is 4. The third-order valence-corrected chi connectivity index (χ3v) is 3.08. The van der Waals surface area contributed by atoms with Gasteiger partial charge in [0.1, 0.15) is 0 Å². The van der Waals surface area contributed by atoms with Gasteiger partial charge in [-0.1, -0.05) is 19.9 Å². The largest absolute Gasteiger partial charge is 0.369 e. The number of nitrogens with one attached hydrogen (secondary N) is 1. The fourth-order valence-electron chi connectivity index (χ4n) is 1.99. The van der Waals surface area contributed by atoms with E-state index in [0.717, 1.165) is 11.1 Å². The number of nitrogens with two attached hydrogens (primary N) is 1. The van der Waals surface area contributed by atoms with Crippen molar-refractivity contribution in [1.29, 1.82) is 5.26 Å². The number of H-pyrrole nitrogens is 1. The summed E-state index contributed by atoms with van der Waals surface area (Å²) >= 11 is 0. The van der Waals surface area contributed by atoms with Crippen LogP contribution < -0.4 is 11.3 Å². The Labute approximate surface area is 124 Å². The minimum absolute atomic E-state index is 0.128. The van der Waals surface area contributed by atoms with Crippen LogP contribution in [-0.4, -0.2) is 9.97 Å². The van der Waals surface area contributed by atoms with Crippen LogP contribution in [-0.2, 0) is 6.42 Å². The minimum Gasteiger partial charge on any atom is -0.369 e. The van der Waals surface area contributed by atoms with E-state index < -0.39 is 0 Å². The Bertz CT molecular complexity index is 726. The molecule has 0 aliphatic carbocycles. The molecule has 0 aliphatic rings. The van der Waals surface area contributed by atoms with Gasteiger partial charge in [0.05, 0.1) is 17.3 Å². The molecule has 0 aliphatic heterocycles. The van der Waals surface area contributed by atoms with Crippen molar-refractivity contribution in [3.05, 3.63) is 56.5 Å². The molecule has 5 nitrogen and oxygen atoms in total. The van der Waals surface area contributed by atoms with Crippen LogP contribution in [0.25, 0.3) is 0 Å². The Morgan fingerprint density at radius 2 is 2.00 bits per heavy atom. The number of nitrogens with zero attached hydrogens (tertiary/aromatic N) is 2. The molecule has 5 heteroatoms. The van der Waals surface area contributed by atoms with Crippen molar-refractivity contribution in [3.63, 3.8) is 0 Å². The van der Waals surface area contributed by atoms with Crippen LogP contribution in [0.5, 0.6) is 0 Å². The number of rotatable bonds is 2. The zero-order valence-corrected chi connectivity index (χ0v) is 12.8. The van der Waals surface area contributed by atoms with E-state index >= 15 is 0 Å². The number of aromatic nitrogens is 2. The van der Waals surface area contributed by atoms with Crippen molar-refractivity contribution in [2.45, 2.75) is 34.1 Å². The zero-order valence-electron chi connectivity index (χ0n) is 12.8. The zero-order chi connectivity index (χ0) is 16.0. The van der Waals surface area contributed by atoms with Crippen molar-refractivity contribution in [1.82, 2.24) is 9.97 Å². The lowest BCUT2D eigenvalue weighted by Crippen LogP contribution is -2.19. The van der Waals surface area contributed by atoms with E-state index in [1.165, 1.54) is 0 Å². The molecule has 0 unspecified atom stereocenters. The van der Waals surface area contributed by atoms with Crippen LogP contribution in [0.4, 0.5) is 5.95 Å². The predicted octanol–water partition coefficient (Wildman–Crippen LogP) is 2.46. The monoisotopic (exact) mass is 284 g/mol. The molecule has 0 atom stereocenters. The van der Waals surface area contributed by atoms with Crippen LogP contribution in [0.15, 0.2) is 23.0 Å². The fraction of sp³-hybridized carbons (Fsp3) is 0.312. The molecule has 2 aromatic rings. The molecule has 0 radical (unpaired) electrons. The van der Waals surface area contributed by atoms with E-state index in [-0.39, 0.29) is 11.5 Å². The van der Waals surface area contributed by atoms with Gasteiger partial charge in [0.2, 0.25) is 5.95 Å². The first-order valence-electron chi connectivity index (χ1n) is 6.86. The van der Waals surface area contributed by atoms with Crippen LogP contribution in [0.2, 0.25) is 0 Å². The van der Waals surface area contributed by atoms with Crippen molar-refractivity contribution in [2.75, 3.05) is 5.73 Å². The number of hydrogen-bond donors (Lipinski definition) is 2. The Hall–Kier alpha value is -2.61. The standard InChI is InChI=1S/C14H14N4O.C2H6/c1-8-5-10(7-15)3-4-11(8)6-12-9(2)17-14(16)18-13(12)19;1-2/h3-5H,6H2,1-2H3,(H3,16,17,18,19);1-2H3. The van der Waals surface area contributed by atoms with E-state index in [2.05, 4.69) is 16.0 Å². The average Bonchev–Trinajstić information content (AvgIpc) is 2.46. The van der Waals surface area contributed by atoms with Crippen molar-refractivity contribution >= 4 is 5.95 Å². The summed E-state index contributed by atoms with van der Waals surface area (Å²) < 4.78 is 0. The average molecular weight is 284 g/mol.